The maximum Gasteiger partial charge on any atom is 0.266 e. The van der Waals surface area contributed by atoms with Gasteiger partial charge in [0.05, 0.1) is 29.4 Å². The minimum atomic E-state index is -3.86. The van der Waals surface area contributed by atoms with E-state index in [1.54, 1.807) is 66.7 Å². The lowest BCUT2D eigenvalue weighted by Gasteiger charge is -2.34. The van der Waals surface area contributed by atoms with Crippen molar-refractivity contribution in [2.45, 2.75) is 73.6 Å². The summed E-state index contributed by atoms with van der Waals surface area (Å²) in [6, 6.07) is 21.9. The van der Waals surface area contributed by atoms with Crippen LogP contribution in [0.1, 0.15) is 67.7 Å². The van der Waals surface area contributed by atoms with Crippen molar-refractivity contribution in [3.05, 3.63) is 106 Å². The van der Waals surface area contributed by atoms with Crippen LogP contribution in [-0.4, -0.2) is 67.1 Å². The molecule has 0 aromatic heterocycles. The van der Waals surface area contributed by atoms with Crippen LogP contribution in [0.3, 0.4) is 0 Å². The zero-order chi connectivity index (χ0) is 34.7. The van der Waals surface area contributed by atoms with Crippen LogP contribution >= 0.6 is 0 Å². The predicted molar refractivity (Wildman–Crippen MR) is 183 cm³/mol. The first-order valence-electron chi connectivity index (χ1n) is 16.4. The first-order chi connectivity index (χ1) is 23.7. The molecule has 260 valence electrons. The summed E-state index contributed by atoms with van der Waals surface area (Å²) in [6.45, 7) is 0.402. The number of sulfone groups is 1. The van der Waals surface area contributed by atoms with Crippen LogP contribution in [0.5, 0.6) is 5.75 Å². The van der Waals surface area contributed by atoms with Crippen LogP contribution in [0, 0.1) is 0 Å². The molecule has 1 fully saturated rings. The van der Waals surface area contributed by atoms with E-state index in [0.29, 0.717) is 48.3 Å². The lowest BCUT2D eigenvalue weighted by molar-refractivity contribution is -0.130. The minimum absolute atomic E-state index is 0.00353. The summed E-state index contributed by atoms with van der Waals surface area (Å²) in [4.78, 5) is 22.4. The summed E-state index contributed by atoms with van der Waals surface area (Å²) in [5, 5.41) is 23.9. The molecule has 0 bridgehead atoms. The van der Waals surface area contributed by atoms with Gasteiger partial charge in [-0.15, -0.1) is 0 Å². The first kappa shape index (κ1) is 35.8. The SMILES string of the molecule is [N-]=[N+]=NCc1ccccc1[C@@H]1OC(c2ccc(OCCCO)cc2)=N[C@]1(CCS(=O)(=O)c1ccccc1)C(=O)NNCC1(O)CCCCC1. The number of hydrogen-bond acceptors (Lipinski definition) is 10. The van der Waals surface area contributed by atoms with Crippen molar-refractivity contribution in [2.75, 3.05) is 25.5 Å². The average Bonchev–Trinajstić information content (AvgIpc) is 3.52. The normalized spacial score (nSPS) is 20.0. The lowest BCUT2D eigenvalue weighted by atomic mass is 9.83. The number of carbonyl (C=O) groups is 1. The van der Waals surface area contributed by atoms with Crippen LogP contribution in [-0.2, 0) is 25.9 Å². The fourth-order valence-corrected chi connectivity index (χ4v) is 7.60. The molecule has 2 aliphatic rings. The number of hydrazine groups is 1. The molecule has 2 atom stereocenters. The third-order valence-corrected chi connectivity index (χ3v) is 10.7. The van der Waals surface area contributed by atoms with Crippen molar-refractivity contribution in [2.24, 2.45) is 10.1 Å². The molecule has 0 saturated heterocycles. The van der Waals surface area contributed by atoms with E-state index < -0.39 is 38.7 Å². The van der Waals surface area contributed by atoms with E-state index in [2.05, 4.69) is 20.9 Å². The van der Waals surface area contributed by atoms with Crippen molar-refractivity contribution < 1.29 is 32.9 Å². The number of aliphatic imine (C=N–C) groups is 1. The number of benzene rings is 3. The van der Waals surface area contributed by atoms with E-state index in [9.17, 15) is 18.3 Å². The molecule has 1 saturated carbocycles. The molecule has 1 aliphatic heterocycles. The monoisotopic (exact) mass is 690 g/mol. The standard InChI is InChI=1S/C35H42N6O7S/c36-41-37-24-27-10-5-6-13-30(27)31-35(20-23-49(45,46)29-11-3-1-4-12-29,33(43)40-38-25-34(44)18-7-2-8-19-34)39-32(48-31)26-14-16-28(17-15-26)47-22-9-21-42/h1,3-6,10-17,31,38,42,44H,2,7-9,18-25H2,(H,40,43)/t31-,35-/m0/s1. The van der Waals surface area contributed by atoms with Gasteiger partial charge in [-0.3, -0.25) is 10.2 Å². The van der Waals surface area contributed by atoms with E-state index in [-0.39, 0.29) is 36.9 Å². The maximum absolute atomic E-state index is 14.5. The van der Waals surface area contributed by atoms with Crippen LogP contribution in [0.25, 0.3) is 10.4 Å². The molecule has 0 radical (unpaired) electrons. The molecule has 3 aromatic rings. The van der Waals surface area contributed by atoms with Gasteiger partial charge < -0.3 is 19.7 Å². The van der Waals surface area contributed by atoms with Crippen LogP contribution in [0.15, 0.2) is 93.9 Å². The molecule has 0 unspecified atom stereocenters. The van der Waals surface area contributed by atoms with E-state index >= 15 is 0 Å². The van der Waals surface area contributed by atoms with E-state index in [4.69, 9.17) is 25.1 Å². The Bertz CT molecular complexity index is 1760. The highest BCUT2D eigenvalue weighted by atomic mass is 32.2. The summed E-state index contributed by atoms with van der Waals surface area (Å²) in [7, 11) is -3.86. The zero-order valence-corrected chi connectivity index (χ0v) is 28.0. The minimum Gasteiger partial charge on any atom is -0.494 e. The van der Waals surface area contributed by atoms with Gasteiger partial charge in [0.25, 0.3) is 5.91 Å². The fraction of sp³-hybridized carbons (Fsp3) is 0.429. The van der Waals surface area contributed by atoms with E-state index in [0.717, 1.165) is 19.3 Å². The van der Waals surface area contributed by atoms with Crippen molar-refractivity contribution in [1.29, 1.82) is 0 Å². The number of ether oxygens (including phenoxy) is 2. The van der Waals surface area contributed by atoms with Gasteiger partial charge in [0.15, 0.2) is 21.5 Å². The Kier molecular flexibility index (Phi) is 11.9. The Morgan fingerprint density at radius 2 is 1.76 bits per heavy atom. The fourth-order valence-electron chi connectivity index (χ4n) is 6.21. The molecule has 49 heavy (non-hydrogen) atoms. The highest BCUT2D eigenvalue weighted by molar-refractivity contribution is 7.91. The maximum atomic E-state index is 14.5. The largest absolute Gasteiger partial charge is 0.494 e. The smallest absolute Gasteiger partial charge is 0.266 e. The third-order valence-electron chi connectivity index (χ3n) is 8.93. The molecular formula is C35H42N6O7S. The molecule has 1 aliphatic carbocycles. The second-order valence-corrected chi connectivity index (χ2v) is 14.5. The predicted octanol–water partition coefficient (Wildman–Crippen LogP) is 4.70. The van der Waals surface area contributed by atoms with Crippen molar-refractivity contribution in [3.8, 4) is 5.75 Å². The topological polar surface area (TPSA) is 195 Å². The number of nitrogens with one attached hydrogen (secondary N) is 2. The number of amides is 1. The Morgan fingerprint density at radius 1 is 1.04 bits per heavy atom. The number of azide groups is 1. The lowest BCUT2D eigenvalue weighted by Crippen LogP contribution is -2.56. The van der Waals surface area contributed by atoms with E-state index in [1.807, 2.05) is 0 Å². The molecule has 4 N–H and O–H groups in total. The highest BCUT2D eigenvalue weighted by Crippen LogP contribution is 2.44. The van der Waals surface area contributed by atoms with Gasteiger partial charge in [-0.05, 0) is 65.9 Å². The number of carbonyl (C=O) groups excluding carboxylic acids is 1. The number of hydrogen-bond donors (Lipinski definition) is 4. The van der Waals surface area contributed by atoms with Gasteiger partial charge in [-0.25, -0.2) is 18.8 Å². The molecule has 1 amide bonds. The van der Waals surface area contributed by atoms with E-state index in [1.165, 1.54) is 12.1 Å². The van der Waals surface area contributed by atoms with Crippen LogP contribution in [0.2, 0.25) is 0 Å². The molecule has 0 spiro atoms. The summed E-state index contributed by atoms with van der Waals surface area (Å²) in [5.74, 6) is -0.391. The Labute approximate surface area is 285 Å². The first-order valence-corrected chi connectivity index (χ1v) is 18.1. The molecule has 3 aromatic carbocycles. The van der Waals surface area contributed by atoms with Gasteiger partial charge in [-0.2, -0.15) is 0 Å². The second kappa shape index (κ2) is 16.3. The average molecular weight is 691 g/mol. The Balaban J connectivity index is 1.55. The van der Waals surface area contributed by atoms with Crippen molar-refractivity contribution in [1.82, 2.24) is 10.9 Å². The summed E-state index contributed by atoms with van der Waals surface area (Å²) >= 11 is 0. The van der Waals surface area contributed by atoms with Gasteiger partial charge in [0.2, 0.25) is 5.90 Å². The molecular weight excluding hydrogens is 648 g/mol. The van der Waals surface area contributed by atoms with Crippen molar-refractivity contribution in [3.63, 3.8) is 0 Å². The van der Waals surface area contributed by atoms with Gasteiger partial charge in [0, 0.05) is 36.5 Å². The molecule has 1 heterocycles. The van der Waals surface area contributed by atoms with Gasteiger partial charge in [0.1, 0.15) is 5.75 Å². The number of rotatable bonds is 16. The third kappa shape index (κ3) is 8.77. The molecule has 5 rings (SSSR count). The summed E-state index contributed by atoms with van der Waals surface area (Å²) in [5.41, 5.74) is 13.6. The number of nitrogens with zero attached hydrogens (tertiary/aromatic N) is 4. The quantitative estimate of drug-likeness (QED) is 0.0546. The molecule has 14 heteroatoms. The van der Waals surface area contributed by atoms with Crippen molar-refractivity contribution >= 4 is 21.6 Å². The van der Waals surface area contributed by atoms with Gasteiger partial charge in [-0.1, -0.05) is 66.8 Å². The summed E-state index contributed by atoms with van der Waals surface area (Å²) < 4.78 is 39.4. The number of aliphatic hydroxyl groups excluding tert-OH is 1. The van der Waals surface area contributed by atoms with Crippen LogP contribution in [0.4, 0.5) is 0 Å². The highest BCUT2D eigenvalue weighted by Gasteiger charge is 2.54. The van der Waals surface area contributed by atoms with Crippen LogP contribution < -0.4 is 15.6 Å². The van der Waals surface area contributed by atoms with Gasteiger partial charge >= 0.3 is 0 Å². The molecule has 13 nitrogen and oxygen atoms in total. The second-order valence-electron chi connectivity index (χ2n) is 12.4. The number of aliphatic hydroxyl groups is 2. The Hall–Kier alpha value is -4.46. The zero-order valence-electron chi connectivity index (χ0n) is 27.2. The Morgan fingerprint density at radius 3 is 2.47 bits per heavy atom. The summed E-state index contributed by atoms with van der Waals surface area (Å²) in [6.07, 6.45) is 3.09.